The van der Waals surface area contributed by atoms with Gasteiger partial charge in [-0.25, -0.2) is 4.68 Å². The quantitative estimate of drug-likeness (QED) is 0.699. The molecule has 0 unspecified atom stereocenters. The van der Waals surface area contributed by atoms with E-state index in [1.54, 1.807) is 4.90 Å². The van der Waals surface area contributed by atoms with Gasteiger partial charge in [-0.2, -0.15) is 5.10 Å². The molecule has 2 aromatic carbocycles. The first-order valence-corrected chi connectivity index (χ1v) is 10.1. The Morgan fingerprint density at radius 1 is 1.07 bits per heavy atom. The van der Waals surface area contributed by atoms with E-state index in [2.05, 4.69) is 5.32 Å². The van der Waals surface area contributed by atoms with Gasteiger partial charge in [-0.1, -0.05) is 60.3 Å². The first-order chi connectivity index (χ1) is 13.7. The van der Waals surface area contributed by atoms with Crippen molar-refractivity contribution in [2.24, 2.45) is 0 Å². The molecule has 1 saturated heterocycles. The predicted octanol–water partition coefficient (Wildman–Crippen LogP) is 3.32. The number of nitrogens with one attached hydrogen (secondary N) is 1. The van der Waals surface area contributed by atoms with Crippen molar-refractivity contribution in [1.29, 1.82) is 0 Å². The van der Waals surface area contributed by atoms with Gasteiger partial charge in [0.05, 0.1) is 11.4 Å². The summed E-state index contributed by atoms with van der Waals surface area (Å²) in [5, 5.41) is 7.64. The molecule has 0 aliphatic carbocycles. The Morgan fingerprint density at radius 2 is 1.79 bits per heavy atom. The molecule has 3 aromatic rings. The Balaban J connectivity index is 1.54. The van der Waals surface area contributed by atoms with Crippen molar-refractivity contribution in [3.63, 3.8) is 0 Å². The third kappa shape index (κ3) is 4.09. The SMILES string of the molecule is O=C(CN1CCSC1=O)NCc1cn(-c2ccccc2)nc1-c1ccccc1. The van der Waals surface area contributed by atoms with E-state index in [0.717, 1.165) is 28.3 Å². The maximum Gasteiger partial charge on any atom is 0.282 e. The lowest BCUT2D eigenvalue weighted by atomic mass is 10.1. The van der Waals surface area contributed by atoms with Gasteiger partial charge in [0, 0.05) is 36.2 Å². The van der Waals surface area contributed by atoms with Crippen LogP contribution >= 0.6 is 11.8 Å². The number of para-hydroxylation sites is 1. The van der Waals surface area contributed by atoms with Gasteiger partial charge >= 0.3 is 0 Å². The smallest absolute Gasteiger partial charge is 0.282 e. The van der Waals surface area contributed by atoms with Crippen LogP contribution in [0.25, 0.3) is 16.9 Å². The van der Waals surface area contributed by atoms with Crippen LogP contribution in [-0.2, 0) is 11.3 Å². The highest BCUT2D eigenvalue weighted by molar-refractivity contribution is 8.13. The van der Waals surface area contributed by atoms with Crippen LogP contribution < -0.4 is 5.32 Å². The van der Waals surface area contributed by atoms with Gasteiger partial charge in [0.2, 0.25) is 5.91 Å². The van der Waals surface area contributed by atoms with Gasteiger partial charge < -0.3 is 10.2 Å². The number of amides is 2. The Hall–Kier alpha value is -3.06. The molecule has 4 rings (SSSR count). The summed E-state index contributed by atoms with van der Waals surface area (Å²) >= 11 is 1.26. The molecule has 0 bridgehead atoms. The summed E-state index contributed by atoms with van der Waals surface area (Å²) in [5.74, 6) is 0.580. The van der Waals surface area contributed by atoms with E-state index >= 15 is 0 Å². The fourth-order valence-corrected chi connectivity index (χ4v) is 3.91. The lowest BCUT2D eigenvalue weighted by molar-refractivity contribution is -0.121. The Kier molecular flexibility index (Phi) is 5.43. The Labute approximate surface area is 167 Å². The van der Waals surface area contributed by atoms with Gasteiger partial charge in [-0.3, -0.25) is 9.59 Å². The number of aromatic nitrogens is 2. The second-order valence-corrected chi connectivity index (χ2v) is 7.51. The van der Waals surface area contributed by atoms with Gasteiger partial charge in [0.1, 0.15) is 6.54 Å². The second kappa shape index (κ2) is 8.31. The van der Waals surface area contributed by atoms with E-state index in [4.69, 9.17) is 5.10 Å². The summed E-state index contributed by atoms with van der Waals surface area (Å²) in [6.07, 6.45) is 1.94. The standard InChI is InChI=1S/C21H20N4O2S/c26-19(15-24-11-12-28-21(24)27)22-13-17-14-25(18-9-5-2-6-10-18)23-20(17)16-7-3-1-4-8-16/h1-10,14H,11-13,15H2,(H,22,26). The number of hydrogen-bond acceptors (Lipinski definition) is 4. The van der Waals surface area contributed by atoms with Crippen molar-refractivity contribution in [1.82, 2.24) is 20.0 Å². The third-order valence-electron chi connectivity index (χ3n) is 4.51. The molecule has 0 radical (unpaired) electrons. The van der Waals surface area contributed by atoms with E-state index in [1.165, 1.54) is 11.8 Å². The van der Waals surface area contributed by atoms with Gasteiger partial charge in [-0.15, -0.1) is 0 Å². The van der Waals surface area contributed by atoms with Crippen molar-refractivity contribution >= 4 is 22.9 Å². The fraction of sp³-hybridized carbons (Fsp3) is 0.190. The van der Waals surface area contributed by atoms with E-state index in [0.29, 0.717) is 13.1 Å². The molecule has 28 heavy (non-hydrogen) atoms. The van der Waals surface area contributed by atoms with Crippen LogP contribution in [0.3, 0.4) is 0 Å². The summed E-state index contributed by atoms with van der Waals surface area (Å²) < 4.78 is 1.82. The molecule has 0 spiro atoms. The van der Waals surface area contributed by atoms with Crippen molar-refractivity contribution in [3.05, 3.63) is 72.4 Å². The van der Waals surface area contributed by atoms with E-state index in [1.807, 2.05) is 71.5 Å². The normalized spacial score (nSPS) is 13.7. The number of rotatable bonds is 6. The third-order valence-corrected chi connectivity index (χ3v) is 5.41. The van der Waals surface area contributed by atoms with Gasteiger partial charge in [0.25, 0.3) is 5.24 Å². The maximum absolute atomic E-state index is 12.3. The lowest BCUT2D eigenvalue weighted by Gasteiger charge is -2.14. The Bertz CT molecular complexity index is 973. The van der Waals surface area contributed by atoms with Crippen molar-refractivity contribution < 1.29 is 9.59 Å². The molecular formula is C21H20N4O2S. The second-order valence-electron chi connectivity index (χ2n) is 6.46. The molecule has 0 atom stereocenters. The van der Waals surface area contributed by atoms with Crippen LogP contribution in [0.15, 0.2) is 66.9 Å². The first kappa shape index (κ1) is 18.3. The van der Waals surface area contributed by atoms with E-state index in [9.17, 15) is 9.59 Å². The number of thioether (sulfide) groups is 1. The van der Waals surface area contributed by atoms with Crippen LogP contribution in [0.5, 0.6) is 0 Å². The largest absolute Gasteiger partial charge is 0.350 e. The number of carbonyl (C=O) groups is 2. The van der Waals surface area contributed by atoms with Crippen molar-refractivity contribution in [2.75, 3.05) is 18.8 Å². The molecule has 1 aliphatic rings. The summed E-state index contributed by atoms with van der Waals surface area (Å²) in [4.78, 5) is 25.6. The van der Waals surface area contributed by atoms with Crippen LogP contribution in [0.2, 0.25) is 0 Å². The molecule has 2 amide bonds. The Morgan fingerprint density at radius 3 is 2.46 bits per heavy atom. The monoisotopic (exact) mass is 392 g/mol. The van der Waals surface area contributed by atoms with E-state index < -0.39 is 0 Å². The zero-order valence-corrected chi connectivity index (χ0v) is 16.1. The first-order valence-electron chi connectivity index (χ1n) is 9.08. The summed E-state index contributed by atoms with van der Waals surface area (Å²) in [6, 6.07) is 19.8. The average molecular weight is 392 g/mol. The topological polar surface area (TPSA) is 67.2 Å². The highest BCUT2D eigenvalue weighted by atomic mass is 32.2. The minimum absolute atomic E-state index is 0.0305. The van der Waals surface area contributed by atoms with Crippen molar-refractivity contribution in [3.8, 4) is 16.9 Å². The van der Waals surface area contributed by atoms with E-state index in [-0.39, 0.29) is 17.7 Å². The zero-order chi connectivity index (χ0) is 19.3. The van der Waals surface area contributed by atoms with Crippen LogP contribution in [0.4, 0.5) is 4.79 Å². The number of nitrogens with zero attached hydrogens (tertiary/aromatic N) is 3. The minimum atomic E-state index is -0.165. The molecule has 2 heterocycles. The number of carbonyl (C=O) groups excluding carboxylic acids is 2. The zero-order valence-electron chi connectivity index (χ0n) is 15.2. The highest BCUT2D eigenvalue weighted by Crippen LogP contribution is 2.23. The van der Waals surface area contributed by atoms with Gasteiger partial charge in [-0.05, 0) is 12.1 Å². The van der Waals surface area contributed by atoms with Gasteiger partial charge in [0.15, 0.2) is 0 Å². The maximum atomic E-state index is 12.3. The molecule has 142 valence electrons. The average Bonchev–Trinajstić information content (AvgIpc) is 3.34. The predicted molar refractivity (Wildman–Crippen MR) is 110 cm³/mol. The molecule has 1 N–H and O–H groups in total. The molecular weight excluding hydrogens is 372 g/mol. The molecule has 6 nitrogen and oxygen atoms in total. The fourth-order valence-electron chi connectivity index (χ4n) is 3.08. The van der Waals surface area contributed by atoms with Crippen LogP contribution in [0.1, 0.15) is 5.56 Å². The summed E-state index contributed by atoms with van der Waals surface area (Å²) in [5.41, 5.74) is 3.70. The lowest BCUT2D eigenvalue weighted by Crippen LogP contribution is -2.36. The molecule has 1 aromatic heterocycles. The van der Waals surface area contributed by atoms with Crippen LogP contribution in [0, 0.1) is 0 Å². The summed E-state index contributed by atoms with van der Waals surface area (Å²) in [6.45, 7) is 1.07. The number of hydrogen-bond donors (Lipinski definition) is 1. The highest BCUT2D eigenvalue weighted by Gasteiger charge is 2.23. The van der Waals surface area contributed by atoms with Crippen LogP contribution in [-0.4, -0.2) is 44.7 Å². The van der Waals surface area contributed by atoms with Crippen molar-refractivity contribution in [2.45, 2.75) is 6.54 Å². The molecule has 1 aliphatic heterocycles. The number of benzene rings is 2. The molecule has 0 saturated carbocycles. The minimum Gasteiger partial charge on any atom is -0.350 e. The molecule has 7 heteroatoms. The summed E-state index contributed by atoms with van der Waals surface area (Å²) in [7, 11) is 0. The molecule has 1 fully saturated rings.